The number of ketones is 1. The summed E-state index contributed by atoms with van der Waals surface area (Å²) in [7, 11) is 0. The first-order valence-electron chi connectivity index (χ1n) is 6.57. The van der Waals surface area contributed by atoms with Crippen molar-refractivity contribution in [3.8, 4) is 0 Å². The molecule has 0 radical (unpaired) electrons. The molecular weight excluding hydrogens is 220 g/mol. The molecule has 1 spiro atoms. The number of carbonyl (C=O) groups is 1. The molecule has 2 aliphatic heterocycles. The zero-order chi connectivity index (χ0) is 11.9. The van der Waals surface area contributed by atoms with E-state index in [0.29, 0.717) is 13.0 Å². The van der Waals surface area contributed by atoms with Gasteiger partial charge in [-0.1, -0.05) is 0 Å². The lowest BCUT2D eigenvalue weighted by Crippen LogP contribution is -2.67. The minimum Gasteiger partial charge on any atom is -0.363 e. The summed E-state index contributed by atoms with van der Waals surface area (Å²) < 4.78 is 17.7. The summed E-state index contributed by atoms with van der Waals surface area (Å²) in [5, 5.41) is 0. The van der Waals surface area contributed by atoms with Gasteiger partial charge in [0, 0.05) is 19.4 Å². The number of rotatable bonds is 2. The van der Waals surface area contributed by atoms with Crippen molar-refractivity contribution in [2.75, 3.05) is 6.61 Å². The van der Waals surface area contributed by atoms with Crippen LogP contribution in [0.3, 0.4) is 0 Å². The van der Waals surface area contributed by atoms with Gasteiger partial charge >= 0.3 is 0 Å². The number of Topliss-reactive ketones (excluding diaryl/α,β-unsaturated/α-hetero) is 1. The van der Waals surface area contributed by atoms with Crippen molar-refractivity contribution in [1.82, 2.24) is 0 Å². The van der Waals surface area contributed by atoms with Crippen LogP contribution in [0.15, 0.2) is 0 Å². The van der Waals surface area contributed by atoms with Crippen LogP contribution >= 0.6 is 0 Å². The normalized spacial score (nSPS) is 59.1. The predicted molar refractivity (Wildman–Crippen MR) is 58.4 cm³/mol. The first kappa shape index (κ1) is 10.5. The van der Waals surface area contributed by atoms with Crippen molar-refractivity contribution in [1.29, 1.82) is 0 Å². The maximum Gasteiger partial charge on any atom is 0.165 e. The van der Waals surface area contributed by atoms with Gasteiger partial charge in [0.1, 0.15) is 6.10 Å². The molecular formula is C13H18O4. The van der Waals surface area contributed by atoms with Crippen LogP contribution in [0.2, 0.25) is 0 Å². The lowest BCUT2D eigenvalue weighted by atomic mass is 9.62. The maximum atomic E-state index is 12.0. The lowest BCUT2D eigenvalue weighted by Gasteiger charge is -2.56. The van der Waals surface area contributed by atoms with Crippen molar-refractivity contribution >= 4 is 5.78 Å². The number of carbonyl (C=O) groups excluding carboxylic acids is 1. The van der Waals surface area contributed by atoms with Gasteiger partial charge in [0.2, 0.25) is 0 Å². The van der Waals surface area contributed by atoms with Crippen molar-refractivity contribution < 1.29 is 19.0 Å². The summed E-state index contributed by atoms with van der Waals surface area (Å²) in [5.41, 5.74) is -0.520. The molecule has 4 aliphatic rings. The molecule has 2 saturated heterocycles. The third kappa shape index (κ3) is 0.862. The second-order valence-corrected chi connectivity index (χ2v) is 6.04. The van der Waals surface area contributed by atoms with E-state index in [2.05, 4.69) is 6.92 Å². The monoisotopic (exact) mass is 238 g/mol. The SMILES string of the molecule is CCOC1C[C@@]23[C@H]4O[C@]2(C)CC[C@@]3(CC4=O)O1. The van der Waals surface area contributed by atoms with Crippen LogP contribution in [0.4, 0.5) is 0 Å². The fourth-order valence-corrected chi connectivity index (χ4v) is 4.86. The minimum absolute atomic E-state index is 0.0864. The van der Waals surface area contributed by atoms with Crippen molar-refractivity contribution in [3.05, 3.63) is 0 Å². The molecule has 2 aliphatic carbocycles. The highest BCUT2D eigenvalue weighted by molar-refractivity contribution is 5.91. The van der Waals surface area contributed by atoms with Crippen LogP contribution < -0.4 is 0 Å². The number of hydrogen-bond donors (Lipinski definition) is 0. The van der Waals surface area contributed by atoms with Crippen LogP contribution in [0.1, 0.15) is 39.5 Å². The van der Waals surface area contributed by atoms with Gasteiger partial charge in [-0.25, -0.2) is 0 Å². The molecule has 4 heteroatoms. The zero-order valence-corrected chi connectivity index (χ0v) is 10.3. The molecule has 2 heterocycles. The molecule has 4 nitrogen and oxygen atoms in total. The van der Waals surface area contributed by atoms with Crippen molar-refractivity contribution in [3.63, 3.8) is 0 Å². The first-order chi connectivity index (χ1) is 8.07. The highest BCUT2D eigenvalue weighted by Gasteiger charge is 2.86. The standard InChI is InChI=1S/C13H18O4/c1-3-15-9-7-13-10-8(14)6-12(13,16-9)5-4-11(13,2)17-10/h9-10H,3-7H2,1-2H3/t9?,10-,11+,12-,13+/m0/s1. The molecule has 2 saturated carbocycles. The second kappa shape index (κ2) is 2.76. The van der Waals surface area contributed by atoms with E-state index in [0.717, 1.165) is 19.3 Å². The predicted octanol–water partition coefficient (Wildman–Crippen LogP) is 1.42. The molecule has 0 N–H and O–H groups in total. The Morgan fingerprint density at radius 3 is 2.94 bits per heavy atom. The Bertz CT molecular complexity index is 408. The molecule has 4 rings (SSSR count). The number of ether oxygens (including phenoxy) is 3. The van der Waals surface area contributed by atoms with Gasteiger partial charge < -0.3 is 14.2 Å². The molecule has 0 amide bonds. The van der Waals surface area contributed by atoms with Gasteiger partial charge in [-0.15, -0.1) is 0 Å². The summed E-state index contributed by atoms with van der Waals surface area (Å²) in [5.74, 6) is 0.233. The van der Waals surface area contributed by atoms with E-state index in [1.807, 2.05) is 6.92 Å². The molecule has 0 aromatic carbocycles. The van der Waals surface area contributed by atoms with Crippen LogP contribution in [-0.4, -0.2) is 36.0 Å². The summed E-state index contributed by atoms with van der Waals surface area (Å²) in [6, 6.07) is 0. The summed E-state index contributed by atoms with van der Waals surface area (Å²) >= 11 is 0. The van der Waals surface area contributed by atoms with Gasteiger partial charge in [-0.2, -0.15) is 0 Å². The van der Waals surface area contributed by atoms with Crippen molar-refractivity contribution in [2.45, 2.75) is 63.1 Å². The molecule has 4 fully saturated rings. The topological polar surface area (TPSA) is 44.8 Å². The van der Waals surface area contributed by atoms with Crippen LogP contribution in [-0.2, 0) is 19.0 Å². The van der Waals surface area contributed by atoms with E-state index in [1.54, 1.807) is 0 Å². The van der Waals surface area contributed by atoms with Gasteiger partial charge in [0.25, 0.3) is 0 Å². The van der Waals surface area contributed by atoms with E-state index < -0.39 is 0 Å². The molecule has 0 aromatic heterocycles. The first-order valence-corrected chi connectivity index (χ1v) is 6.57. The minimum atomic E-state index is -0.276. The van der Waals surface area contributed by atoms with Gasteiger partial charge in [0.05, 0.1) is 16.6 Å². The van der Waals surface area contributed by atoms with Crippen molar-refractivity contribution in [2.24, 2.45) is 5.41 Å². The van der Waals surface area contributed by atoms with Crippen LogP contribution in [0, 0.1) is 5.41 Å². The Morgan fingerprint density at radius 1 is 1.41 bits per heavy atom. The Hall–Kier alpha value is -0.450. The van der Waals surface area contributed by atoms with E-state index in [1.165, 1.54) is 0 Å². The zero-order valence-electron chi connectivity index (χ0n) is 10.3. The fourth-order valence-electron chi connectivity index (χ4n) is 4.86. The van der Waals surface area contributed by atoms with Gasteiger partial charge in [-0.3, -0.25) is 4.79 Å². The van der Waals surface area contributed by atoms with Crippen LogP contribution in [0.25, 0.3) is 0 Å². The Morgan fingerprint density at radius 2 is 2.24 bits per heavy atom. The smallest absolute Gasteiger partial charge is 0.165 e. The van der Waals surface area contributed by atoms with E-state index in [9.17, 15) is 4.79 Å². The Balaban J connectivity index is 1.77. The van der Waals surface area contributed by atoms with Crippen LogP contribution in [0.5, 0.6) is 0 Å². The highest BCUT2D eigenvalue weighted by Crippen LogP contribution is 2.75. The Labute approximate surface area is 101 Å². The summed E-state index contributed by atoms with van der Waals surface area (Å²) in [4.78, 5) is 12.0. The number of hydrogen-bond acceptors (Lipinski definition) is 4. The molecule has 0 bridgehead atoms. The van der Waals surface area contributed by atoms with E-state index in [-0.39, 0.29) is 34.8 Å². The largest absolute Gasteiger partial charge is 0.363 e. The van der Waals surface area contributed by atoms with E-state index >= 15 is 0 Å². The maximum absolute atomic E-state index is 12.0. The summed E-state index contributed by atoms with van der Waals surface area (Å²) in [6.07, 6.45) is 2.94. The third-order valence-electron chi connectivity index (χ3n) is 5.54. The molecule has 17 heavy (non-hydrogen) atoms. The average molecular weight is 238 g/mol. The molecule has 94 valence electrons. The molecule has 5 atom stereocenters. The Kier molecular flexibility index (Phi) is 1.70. The lowest BCUT2D eigenvalue weighted by molar-refractivity contribution is -0.289. The molecule has 1 unspecified atom stereocenters. The molecule has 0 aromatic rings. The summed E-state index contributed by atoms with van der Waals surface area (Å²) in [6.45, 7) is 4.78. The van der Waals surface area contributed by atoms with Gasteiger partial charge in [0.15, 0.2) is 12.1 Å². The average Bonchev–Trinajstić information content (AvgIpc) is 2.73. The van der Waals surface area contributed by atoms with E-state index in [4.69, 9.17) is 14.2 Å². The third-order valence-corrected chi connectivity index (χ3v) is 5.54. The van der Waals surface area contributed by atoms with Gasteiger partial charge in [-0.05, 0) is 26.7 Å². The fraction of sp³-hybridized carbons (Fsp3) is 0.923. The highest BCUT2D eigenvalue weighted by atomic mass is 16.7. The quantitative estimate of drug-likeness (QED) is 0.730. The second-order valence-electron chi connectivity index (χ2n) is 6.04.